The molecule has 2 N–H and O–H groups in total. The van der Waals surface area contributed by atoms with Crippen molar-refractivity contribution < 1.29 is 4.79 Å². The van der Waals surface area contributed by atoms with E-state index in [4.69, 9.17) is 5.73 Å². The molecule has 0 aliphatic heterocycles. The monoisotopic (exact) mass is 263 g/mol. The molecular formula is C12H25NOS2. The number of carbonyl (C=O) groups is 1. The first-order valence-electron chi connectivity index (χ1n) is 6.04. The van der Waals surface area contributed by atoms with Crippen LogP contribution in [0.2, 0.25) is 0 Å². The quantitative estimate of drug-likeness (QED) is 0.484. The molecule has 4 heteroatoms. The minimum Gasteiger partial charge on any atom is -0.328 e. The van der Waals surface area contributed by atoms with Gasteiger partial charge in [0.1, 0.15) is 5.78 Å². The van der Waals surface area contributed by atoms with Crippen LogP contribution in [0.4, 0.5) is 0 Å². The van der Waals surface area contributed by atoms with Gasteiger partial charge in [0, 0.05) is 30.4 Å². The average molecular weight is 263 g/mol. The highest BCUT2D eigenvalue weighted by Crippen LogP contribution is 2.24. The van der Waals surface area contributed by atoms with Crippen LogP contribution in [0.3, 0.4) is 0 Å². The van der Waals surface area contributed by atoms with Gasteiger partial charge in [0.25, 0.3) is 0 Å². The van der Waals surface area contributed by atoms with E-state index < -0.39 is 0 Å². The van der Waals surface area contributed by atoms with Crippen LogP contribution in [0.25, 0.3) is 0 Å². The third-order valence-electron chi connectivity index (χ3n) is 2.09. The molecule has 0 amide bonds. The second-order valence-electron chi connectivity index (χ2n) is 4.65. The van der Waals surface area contributed by atoms with Crippen LogP contribution in [0.1, 0.15) is 46.5 Å². The van der Waals surface area contributed by atoms with Crippen LogP contribution in [0, 0.1) is 5.92 Å². The Hall–Kier alpha value is 0.330. The van der Waals surface area contributed by atoms with E-state index in [1.54, 1.807) is 0 Å². The van der Waals surface area contributed by atoms with Gasteiger partial charge in [0.2, 0.25) is 0 Å². The summed E-state index contributed by atoms with van der Waals surface area (Å²) in [5, 5.41) is 0. The maximum atomic E-state index is 11.3. The molecule has 96 valence electrons. The summed E-state index contributed by atoms with van der Waals surface area (Å²) in [6.07, 6.45) is 3.50. The lowest BCUT2D eigenvalue weighted by Gasteiger charge is -2.05. The minimum atomic E-state index is 0.0144. The van der Waals surface area contributed by atoms with Crippen molar-refractivity contribution in [1.82, 2.24) is 0 Å². The standard InChI is InChI=1S/C12H25NOS2/c1-10(2)6-8-16-15-7-4-5-12(14)9-11(3)13/h10-11H,4-9,13H2,1-3H3. The van der Waals surface area contributed by atoms with E-state index in [2.05, 4.69) is 13.8 Å². The summed E-state index contributed by atoms with van der Waals surface area (Å²) in [5.74, 6) is 3.40. The fourth-order valence-corrected chi connectivity index (χ4v) is 3.61. The van der Waals surface area contributed by atoms with Crippen molar-refractivity contribution in [3.8, 4) is 0 Å². The maximum Gasteiger partial charge on any atom is 0.134 e. The average Bonchev–Trinajstić information content (AvgIpc) is 2.14. The van der Waals surface area contributed by atoms with Gasteiger partial charge in [-0.1, -0.05) is 35.4 Å². The molecule has 0 heterocycles. The summed E-state index contributed by atoms with van der Waals surface area (Å²) >= 11 is 0. The lowest BCUT2D eigenvalue weighted by atomic mass is 10.1. The fraction of sp³-hybridized carbons (Fsp3) is 0.917. The van der Waals surface area contributed by atoms with E-state index in [1.807, 2.05) is 28.5 Å². The van der Waals surface area contributed by atoms with Crippen molar-refractivity contribution >= 4 is 27.4 Å². The molecule has 2 nitrogen and oxygen atoms in total. The molecule has 1 unspecified atom stereocenters. The molecule has 0 saturated heterocycles. The fourth-order valence-electron chi connectivity index (χ4n) is 1.19. The number of Topliss-reactive ketones (excluding diaryl/α,β-unsaturated/α-hetero) is 1. The van der Waals surface area contributed by atoms with Crippen LogP contribution in [0.15, 0.2) is 0 Å². The lowest BCUT2D eigenvalue weighted by Crippen LogP contribution is -2.19. The molecule has 16 heavy (non-hydrogen) atoms. The summed E-state index contributed by atoms with van der Waals surface area (Å²) in [6.45, 7) is 6.38. The number of hydrogen-bond acceptors (Lipinski definition) is 4. The molecule has 0 saturated carbocycles. The third-order valence-corrected chi connectivity index (χ3v) is 4.62. The zero-order valence-corrected chi connectivity index (χ0v) is 12.3. The van der Waals surface area contributed by atoms with Crippen LogP contribution >= 0.6 is 21.6 Å². The van der Waals surface area contributed by atoms with Crippen LogP contribution in [0.5, 0.6) is 0 Å². The Morgan fingerprint density at radius 1 is 1.19 bits per heavy atom. The molecule has 0 aromatic carbocycles. The Labute approximate surface area is 108 Å². The molecule has 0 radical (unpaired) electrons. The Balaban J connectivity index is 3.18. The van der Waals surface area contributed by atoms with Crippen molar-refractivity contribution in [2.45, 2.75) is 52.5 Å². The molecule has 0 aliphatic carbocycles. The summed E-state index contributed by atoms with van der Waals surface area (Å²) in [5.41, 5.74) is 5.56. The lowest BCUT2D eigenvalue weighted by molar-refractivity contribution is -0.119. The summed E-state index contributed by atoms with van der Waals surface area (Å²) < 4.78 is 0. The van der Waals surface area contributed by atoms with Crippen molar-refractivity contribution in [2.75, 3.05) is 11.5 Å². The van der Waals surface area contributed by atoms with Crippen molar-refractivity contribution in [3.05, 3.63) is 0 Å². The van der Waals surface area contributed by atoms with Gasteiger partial charge in [0.15, 0.2) is 0 Å². The van der Waals surface area contributed by atoms with Gasteiger partial charge in [-0.15, -0.1) is 0 Å². The van der Waals surface area contributed by atoms with E-state index in [-0.39, 0.29) is 6.04 Å². The van der Waals surface area contributed by atoms with Crippen molar-refractivity contribution in [1.29, 1.82) is 0 Å². The molecule has 0 aromatic rings. The zero-order valence-electron chi connectivity index (χ0n) is 10.7. The summed E-state index contributed by atoms with van der Waals surface area (Å²) in [4.78, 5) is 11.3. The number of ketones is 1. The molecule has 1 atom stereocenters. The Morgan fingerprint density at radius 3 is 2.38 bits per heavy atom. The number of carbonyl (C=O) groups excluding carboxylic acids is 1. The molecule has 0 spiro atoms. The maximum absolute atomic E-state index is 11.3. The molecule has 0 aromatic heterocycles. The normalized spacial score (nSPS) is 13.1. The predicted octanol–water partition coefficient (Wildman–Crippen LogP) is 3.50. The molecule has 0 bridgehead atoms. The van der Waals surface area contributed by atoms with Gasteiger partial charge < -0.3 is 5.73 Å². The second kappa shape index (κ2) is 10.5. The largest absolute Gasteiger partial charge is 0.328 e. The van der Waals surface area contributed by atoms with E-state index in [9.17, 15) is 4.79 Å². The number of rotatable bonds is 10. The van der Waals surface area contributed by atoms with Crippen molar-refractivity contribution in [3.63, 3.8) is 0 Å². The van der Waals surface area contributed by atoms with E-state index in [0.29, 0.717) is 18.6 Å². The predicted molar refractivity (Wildman–Crippen MR) is 76.9 cm³/mol. The van der Waals surface area contributed by atoms with E-state index in [0.717, 1.165) is 18.1 Å². The van der Waals surface area contributed by atoms with E-state index >= 15 is 0 Å². The van der Waals surface area contributed by atoms with Gasteiger partial charge >= 0.3 is 0 Å². The van der Waals surface area contributed by atoms with Crippen LogP contribution < -0.4 is 5.73 Å². The molecular weight excluding hydrogens is 238 g/mol. The molecule has 0 aliphatic rings. The Kier molecular flexibility index (Phi) is 10.7. The number of nitrogens with two attached hydrogens (primary N) is 1. The Bertz CT molecular complexity index is 184. The highest BCUT2D eigenvalue weighted by atomic mass is 33.1. The number of hydrogen-bond donors (Lipinski definition) is 1. The van der Waals surface area contributed by atoms with Gasteiger partial charge in [-0.25, -0.2) is 0 Å². The summed E-state index contributed by atoms with van der Waals surface area (Å²) in [6, 6.07) is 0.0144. The van der Waals surface area contributed by atoms with E-state index in [1.165, 1.54) is 12.2 Å². The zero-order chi connectivity index (χ0) is 12.4. The first kappa shape index (κ1) is 16.3. The Morgan fingerprint density at radius 2 is 1.81 bits per heavy atom. The topological polar surface area (TPSA) is 43.1 Å². The highest BCUT2D eigenvalue weighted by Gasteiger charge is 2.04. The first-order chi connectivity index (χ1) is 7.52. The molecule has 0 fully saturated rings. The van der Waals surface area contributed by atoms with Crippen LogP contribution in [-0.4, -0.2) is 23.3 Å². The van der Waals surface area contributed by atoms with Crippen molar-refractivity contribution in [2.24, 2.45) is 11.7 Å². The first-order valence-corrected chi connectivity index (χ1v) is 8.53. The summed E-state index contributed by atoms with van der Waals surface area (Å²) in [7, 11) is 3.82. The second-order valence-corrected chi connectivity index (χ2v) is 7.35. The van der Waals surface area contributed by atoms with Crippen LogP contribution in [-0.2, 0) is 4.79 Å². The highest BCUT2D eigenvalue weighted by molar-refractivity contribution is 8.76. The van der Waals surface area contributed by atoms with Gasteiger partial charge in [-0.05, 0) is 25.7 Å². The minimum absolute atomic E-state index is 0.0144. The SMILES string of the molecule is CC(C)CCSSCCCC(=O)CC(C)N. The van der Waals surface area contributed by atoms with Gasteiger partial charge in [-0.2, -0.15) is 0 Å². The molecule has 0 rings (SSSR count). The van der Waals surface area contributed by atoms with Gasteiger partial charge in [-0.3, -0.25) is 4.79 Å². The third kappa shape index (κ3) is 12.4. The smallest absolute Gasteiger partial charge is 0.134 e. The van der Waals surface area contributed by atoms with Gasteiger partial charge in [0.05, 0.1) is 0 Å².